The summed E-state index contributed by atoms with van der Waals surface area (Å²) in [5.74, 6) is 0. The normalized spacial score (nSPS) is 24.7. The van der Waals surface area contributed by atoms with E-state index in [1.807, 2.05) is 91.0 Å². The summed E-state index contributed by atoms with van der Waals surface area (Å²) in [5.41, 5.74) is 0.645. The average molecular weight is 538 g/mol. The Labute approximate surface area is 228 Å². The zero-order valence-electron chi connectivity index (χ0n) is 22.1. The Morgan fingerprint density at radius 2 is 1.33 bits per heavy atom. The Balaban J connectivity index is 1.62. The Morgan fingerprint density at radius 3 is 1.85 bits per heavy atom. The Morgan fingerprint density at radius 1 is 0.821 bits per heavy atom. The number of hydrogen-bond acceptors (Lipinski definition) is 8. The molecule has 0 saturated carbocycles. The molecule has 0 bridgehead atoms. The fourth-order valence-electron chi connectivity index (χ4n) is 4.44. The highest BCUT2D eigenvalue weighted by molar-refractivity contribution is 5.68. The minimum absolute atomic E-state index is 0.119. The second-order valence-electron chi connectivity index (χ2n) is 9.16. The van der Waals surface area contributed by atoms with Crippen molar-refractivity contribution in [1.29, 1.82) is 0 Å². The zero-order chi connectivity index (χ0) is 27.5. The summed E-state index contributed by atoms with van der Waals surface area (Å²) in [6.07, 6.45) is -4.87. The molecule has 0 unspecified atom stereocenters. The molecule has 0 radical (unpaired) electrons. The molecule has 3 aromatic rings. The molecule has 0 aromatic heterocycles. The van der Waals surface area contributed by atoms with Crippen molar-refractivity contribution in [3.8, 4) is 0 Å². The number of methoxy groups -OCH3 is 2. The monoisotopic (exact) mass is 537 g/mol. The van der Waals surface area contributed by atoms with Gasteiger partial charge in [-0.3, -0.25) is 5.32 Å². The molecule has 3 aromatic carbocycles. The Bertz CT molecular complexity index is 1130. The van der Waals surface area contributed by atoms with E-state index in [1.54, 1.807) is 0 Å². The van der Waals surface area contributed by atoms with E-state index in [4.69, 9.17) is 28.4 Å². The highest BCUT2D eigenvalue weighted by Gasteiger charge is 2.59. The molecule has 9 nitrogen and oxygen atoms in total. The number of benzene rings is 3. The second-order valence-corrected chi connectivity index (χ2v) is 9.16. The van der Waals surface area contributed by atoms with E-state index in [0.717, 1.165) is 16.7 Å². The molecule has 1 aliphatic heterocycles. The number of hydrogen-bond donors (Lipinski definition) is 2. The Hall–Kier alpha value is -3.31. The van der Waals surface area contributed by atoms with Crippen LogP contribution in [0.4, 0.5) is 4.79 Å². The topological polar surface area (TPSA) is 105 Å². The summed E-state index contributed by atoms with van der Waals surface area (Å²) in [6, 6.07) is 28.8. The lowest BCUT2D eigenvalue weighted by molar-refractivity contribution is -0.357. The molecule has 2 N–H and O–H groups in total. The van der Waals surface area contributed by atoms with Crippen molar-refractivity contribution in [1.82, 2.24) is 5.32 Å². The van der Waals surface area contributed by atoms with Crippen molar-refractivity contribution in [3.05, 3.63) is 108 Å². The summed E-state index contributed by atoms with van der Waals surface area (Å²) in [6.45, 7) is 0.814. The third kappa shape index (κ3) is 7.63. The van der Waals surface area contributed by atoms with Gasteiger partial charge in [-0.25, -0.2) is 4.79 Å². The van der Waals surface area contributed by atoms with Gasteiger partial charge in [-0.2, -0.15) is 0 Å². The first-order valence-electron chi connectivity index (χ1n) is 12.7. The number of alkyl carbamates (subject to hydrolysis) is 1. The maximum absolute atomic E-state index is 12.3. The molecule has 39 heavy (non-hydrogen) atoms. The van der Waals surface area contributed by atoms with Crippen LogP contribution >= 0.6 is 0 Å². The lowest BCUT2D eigenvalue weighted by Crippen LogP contribution is -2.74. The smallest absolute Gasteiger partial charge is 0.409 e. The van der Waals surface area contributed by atoms with Gasteiger partial charge in [-0.1, -0.05) is 91.0 Å². The SMILES string of the molecule is COC(=O)N[C@]1(O)[C@H](OC)O[C@H](COCc2ccccc2)[C@@H](OCc2ccccc2)[C@@H]1OCc1ccccc1. The largest absolute Gasteiger partial charge is 0.453 e. The molecule has 5 atom stereocenters. The average Bonchev–Trinajstić information content (AvgIpc) is 2.97. The minimum atomic E-state index is -2.14. The molecule has 0 spiro atoms. The maximum atomic E-state index is 12.3. The van der Waals surface area contributed by atoms with Crippen LogP contribution in [0.1, 0.15) is 16.7 Å². The van der Waals surface area contributed by atoms with Crippen LogP contribution in [0.5, 0.6) is 0 Å². The molecule has 1 saturated heterocycles. The van der Waals surface area contributed by atoms with Gasteiger partial charge in [0.25, 0.3) is 0 Å². The number of carbonyl (C=O) groups is 1. The lowest BCUT2D eigenvalue weighted by Gasteiger charge is -2.50. The number of carbonyl (C=O) groups excluding carboxylic acids is 1. The van der Waals surface area contributed by atoms with Crippen LogP contribution in [0, 0.1) is 0 Å². The Kier molecular flexibility index (Phi) is 10.4. The third-order valence-corrected chi connectivity index (χ3v) is 6.41. The van der Waals surface area contributed by atoms with Crippen molar-refractivity contribution in [2.75, 3.05) is 20.8 Å². The van der Waals surface area contributed by atoms with Gasteiger partial charge in [0, 0.05) is 7.11 Å². The third-order valence-electron chi connectivity index (χ3n) is 6.41. The van der Waals surface area contributed by atoms with E-state index in [-0.39, 0.29) is 19.8 Å². The van der Waals surface area contributed by atoms with Gasteiger partial charge in [-0.05, 0) is 16.7 Å². The van der Waals surface area contributed by atoms with Crippen LogP contribution in [0.25, 0.3) is 0 Å². The molecule has 9 heteroatoms. The van der Waals surface area contributed by atoms with Crippen molar-refractivity contribution in [2.24, 2.45) is 0 Å². The van der Waals surface area contributed by atoms with E-state index in [0.29, 0.717) is 6.61 Å². The van der Waals surface area contributed by atoms with Crippen LogP contribution in [-0.2, 0) is 48.2 Å². The van der Waals surface area contributed by atoms with Crippen LogP contribution in [0.2, 0.25) is 0 Å². The number of rotatable bonds is 12. The summed E-state index contributed by atoms with van der Waals surface area (Å²) in [4.78, 5) is 12.3. The maximum Gasteiger partial charge on any atom is 0.409 e. The fraction of sp³-hybridized carbons (Fsp3) is 0.367. The predicted octanol–water partition coefficient (Wildman–Crippen LogP) is 3.79. The van der Waals surface area contributed by atoms with Crippen LogP contribution < -0.4 is 5.32 Å². The van der Waals surface area contributed by atoms with Crippen molar-refractivity contribution < 1.29 is 38.3 Å². The van der Waals surface area contributed by atoms with Crippen molar-refractivity contribution >= 4 is 6.09 Å². The number of nitrogens with one attached hydrogen (secondary N) is 1. The van der Waals surface area contributed by atoms with Crippen LogP contribution in [0.15, 0.2) is 91.0 Å². The fourth-order valence-corrected chi connectivity index (χ4v) is 4.44. The van der Waals surface area contributed by atoms with Gasteiger partial charge in [0.15, 0.2) is 0 Å². The molecule has 1 fully saturated rings. The first kappa shape index (κ1) is 28.7. The zero-order valence-corrected chi connectivity index (χ0v) is 22.1. The molecular formula is C30H35NO8. The molecule has 4 rings (SSSR count). The quantitative estimate of drug-likeness (QED) is 0.337. The van der Waals surface area contributed by atoms with E-state index in [2.05, 4.69) is 5.32 Å². The van der Waals surface area contributed by atoms with E-state index in [9.17, 15) is 9.90 Å². The highest BCUT2D eigenvalue weighted by Crippen LogP contribution is 2.34. The van der Waals surface area contributed by atoms with Gasteiger partial charge < -0.3 is 33.5 Å². The number of amides is 1. The minimum Gasteiger partial charge on any atom is -0.453 e. The van der Waals surface area contributed by atoms with Gasteiger partial charge in [0.05, 0.1) is 33.5 Å². The second kappa shape index (κ2) is 14.2. The molecular weight excluding hydrogens is 502 g/mol. The van der Waals surface area contributed by atoms with Gasteiger partial charge in [-0.15, -0.1) is 0 Å². The summed E-state index contributed by atoms with van der Waals surface area (Å²) >= 11 is 0. The molecule has 1 heterocycles. The molecule has 1 aliphatic rings. The first-order chi connectivity index (χ1) is 19.0. The lowest BCUT2D eigenvalue weighted by atomic mass is 9.92. The number of ether oxygens (including phenoxy) is 6. The van der Waals surface area contributed by atoms with Gasteiger partial charge in [0.1, 0.15) is 18.3 Å². The number of aliphatic hydroxyl groups is 1. The standard InChI is InChI=1S/C30H35NO8/c1-34-28-30(33,31-29(32)35-2)27(38-20-24-16-10-5-11-17-24)26(37-19-23-14-8-4-9-15-23)25(39-28)21-36-18-22-12-6-3-7-13-22/h3-17,25-28,33H,18-21H2,1-2H3,(H,31,32)/t25-,26-,27+,28-,30-/m1/s1. The van der Waals surface area contributed by atoms with E-state index in [1.165, 1.54) is 14.2 Å². The van der Waals surface area contributed by atoms with Gasteiger partial charge >= 0.3 is 6.09 Å². The summed E-state index contributed by atoms with van der Waals surface area (Å²) in [7, 11) is 2.57. The van der Waals surface area contributed by atoms with Crippen LogP contribution in [0.3, 0.4) is 0 Å². The first-order valence-corrected chi connectivity index (χ1v) is 12.7. The van der Waals surface area contributed by atoms with Crippen LogP contribution in [-0.4, -0.2) is 62.4 Å². The van der Waals surface area contributed by atoms with E-state index >= 15 is 0 Å². The van der Waals surface area contributed by atoms with Crippen molar-refractivity contribution in [2.45, 2.75) is 50.1 Å². The summed E-state index contributed by atoms with van der Waals surface area (Å²) < 4.78 is 35.1. The van der Waals surface area contributed by atoms with E-state index < -0.39 is 36.4 Å². The molecule has 208 valence electrons. The van der Waals surface area contributed by atoms with Crippen molar-refractivity contribution in [3.63, 3.8) is 0 Å². The highest BCUT2D eigenvalue weighted by atomic mass is 16.7. The predicted molar refractivity (Wildman–Crippen MR) is 142 cm³/mol. The molecule has 0 aliphatic carbocycles. The summed E-state index contributed by atoms with van der Waals surface area (Å²) in [5, 5.41) is 14.3. The molecule has 1 amide bonds. The van der Waals surface area contributed by atoms with Gasteiger partial charge in [0.2, 0.25) is 12.0 Å².